The molecule has 0 aliphatic heterocycles. The molecule has 0 aliphatic carbocycles. The fourth-order valence-corrected chi connectivity index (χ4v) is 1.15. The summed E-state index contributed by atoms with van der Waals surface area (Å²) in [6.45, 7) is -0.142. The third kappa shape index (κ3) is 3.40. The average molecular weight is 296 g/mol. The maximum atomic E-state index is 12.4. The van der Waals surface area contributed by atoms with E-state index in [0.717, 1.165) is 0 Å². The summed E-state index contributed by atoms with van der Waals surface area (Å²) in [6.07, 6.45) is -9.76. The van der Waals surface area contributed by atoms with Crippen LogP contribution in [0.1, 0.15) is 6.92 Å². The van der Waals surface area contributed by atoms with E-state index in [2.05, 4.69) is 4.18 Å². The standard InChI is InChI=1S/C5H4F8O3S/c1-2(3(6,7)4(8,9)10)16-17(14,15)5(11,12)13/h2H,1H3. The lowest BCUT2D eigenvalue weighted by molar-refractivity contribution is -0.306. The molecule has 17 heavy (non-hydrogen) atoms. The Morgan fingerprint density at radius 2 is 1.29 bits per heavy atom. The van der Waals surface area contributed by atoms with Gasteiger partial charge in [0.2, 0.25) is 0 Å². The fourth-order valence-electron chi connectivity index (χ4n) is 0.535. The molecule has 0 aromatic carbocycles. The fraction of sp³-hybridized carbons (Fsp3) is 1.00. The van der Waals surface area contributed by atoms with E-state index in [1.54, 1.807) is 0 Å². The number of hydrogen-bond acceptors (Lipinski definition) is 3. The number of alkyl halides is 8. The molecule has 1 unspecified atom stereocenters. The summed E-state index contributed by atoms with van der Waals surface area (Å²) >= 11 is 0. The van der Waals surface area contributed by atoms with E-state index >= 15 is 0 Å². The van der Waals surface area contributed by atoms with Crippen molar-refractivity contribution in [1.29, 1.82) is 0 Å². The van der Waals surface area contributed by atoms with Gasteiger partial charge in [-0.1, -0.05) is 0 Å². The molecule has 0 rings (SSSR count). The topological polar surface area (TPSA) is 43.4 Å². The van der Waals surface area contributed by atoms with Gasteiger partial charge in [0.15, 0.2) is 0 Å². The Kier molecular flexibility index (Phi) is 4.06. The Morgan fingerprint density at radius 3 is 1.53 bits per heavy atom. The largest absolute Gasteiger partial charge is 0.523 e. The second-order valence-corrected chi connectivity index (χ2v) is 4.32. The minimum atomic E-state index is -6.52. The first-order chi connectivity index (χ1) is 7.13. The van der Waals surface area contributed by atoms with Crippen LogP contribution in [0.5, 0.6) is 0 Å². The molecule has 104 valence electrons. The highest BCUT2D eigenvalue weighted by molar-refractivity contribution is 7.87. The Labute approximate surface area is 89.5 Å². The molecule has 0 amide bonds. The first-order valence-electron chi connectivity index (χ1n) is 3.57. The van der Waals surface area contributed by atoms with Crippen molar-refractivity contribution in [2.75, 3.05) is 0 Å². The molecular weight excluding hydrogens is 292 g/mol. The average Bonchev–Trinajstić information content (AvgIpc) is 1.98. The zero-order valence-electron chi connectivity index (χ0n) is 7.73. The van der Waals surface area contributed by atoms with Gasteiger partial charge in [-0.15, -0.1) is 0 Å². The van der Waals surface area contributed by atoms with Gasteiger partial charge in [0.1, 0.15) is 6.10 Å². The van der Waals surface area contributed by atoms with Crippen LogP contribution in [-0.4, -0.2) is 32.1 Å². The lowest BCUT2D eigenvalue weighted by Crippen LogP contribution is -2.48. The molecule has 3 nitrogen and oxygen atoms in total. The molecule has 0 aromatic rings. The minimum absolute atomic E-state index is 0.142. The molecule has 0 aliphatic rings. The molecule has 1 atom stereocenters. The van der Waals surface area contributed by atoms with E-state index in [1.807, 2.05) is 0 Å². The third-order valence-corrected chi connectivity index (χ3v) is 2.55. The normalized spacial score (nSPS) is 17.0. The molecule has 0 saturated carbocycles. The quantitative estimate of drug-likeness (QED) is 0.456. The first kappa shape index (κ1) is 16.4. The van der Waals surface area contributed by atoms with E-state index < -0.39 is 33.8 Å². The highest BCUT2D eigenvalue weighted by atomic mass is 32.2. The van der Waals surface area contributed by atoms with Gasteiger partial charge in [-0.2, -0.15) is 43.5 Å². The van der Waals surface area contributed by atoms with Crippen LogP contribution in [0.4, 0.5) is 35.1 Å². The SMILES string of the molecule is CC(OS(=O)(=O)C(F)(F)F)C(F)(F)C(F)(F)F. The van der Waals surface area contributed by atoms with Crippen LogP contribution in [-0.2, 0) is 14.3 Å². The molecule has 0 spiro atoms. The summed E-state index contributed by atoms with van der Waals surface area (Å²) in [4.78, 5) is 0. The number of halogens is 8. The van der Waals surface area contributed by atoms with Crippen LogP contribution in [0.3, 0.4) is 0 Å². The highest BCUT2D eigenvalue weighted by Crippen LogP contribution is 2.40. The van der Waals surface area contributed by atoms with Crippen molar-refractivity contribution in [3.05, 3.63) is 0 Å². The molecule has 0 radical (unpaired) electrons. The van der Waals surface area contributed by atoms with Crippen molar-refractivity contribution >= 4 is 10.1 Å². The van der Waals surface area contributed by atoms with Crippen molar-refractivity contribution in [3.8, 4) is 0 Å². The van der Waals surface area contributed by atoms with Gasteiger partial charge in [0.05, 0.1) is 0 Å². The smallest absolute Gasteiger partial charge is 0.253 e. The molecular formula is C5H4F8O3S. The summed E-state index contributed by atoms with van der Waals surface area (Å²) in [6, 6.07) is 0. The number of rotatable bonds is 3. The van der Waals surface area contributed by atoms with Gasteiger partial charge in [-0.3, -0.25) is 4.18 Å². The Bertz CT molecular complexity index is 366. The van der Waals surface area contributed by atoms with E-state index in [9.17, 15) is 43.5 Å². The minimum Gasteiger partial charge on any atom is -0.253 e. The summed E-state index contributed by atoms with van der Waals surface area (Å²) < 4.78 is 118. The van der Waals surface area contributed by atoms with Gasteiger partial charge in [-0.05, 0) is 6.92 Å². The Balaban J connectivity index is 5.09. The molecule has 0 bridgehead atoms. The lowest BCUT2D eigenvalue weighted by atomic mass is 10.2. The predicted molar refractivity (Wildman–Crippen MR) is 36.5 cm³/mol. The van der Waals surface area contributed by atoms with Crippen molar-refractivity contribution in [1.82, 2.24) is 0 Å². The molecule has 0 N–H and O–H groups in total. The molecule has 0 aromatic heterocycles. The zero-order chi connectivity index (χ0) is 14.3. The van der Waals surface area contributed by atoms with Crippen molar-refractivity contribution < 1.29 is 47.7 Å². The predicted octanol–water partition coefficient (Wildman–Crippen LogP) is 2.44. The van der Waals surface area contributed by atoms with Gasteiger partial charge in [0.25, 0.3) is 0 Å². The monoisotopic (exact) mass is 296 g/mol. The summed E-state index contributed by atoms with van der Waals surface area (Å²) in [5.74, 6) is -5.73. The van der Waals surface area contributed by atoms with E-state index in [1.165, 1.54) is 0 Å². The Morgan fingerprint density at radius 1 is 0.941 bits per heavy atom. The van der Waals surface area contributed by atoms with Crippen LogP contribution in [0.25, 0.3) is 0 Å². The van der Waals surface area contributed by atoms with Gasteiger partial charge in [-0.25, -0.2) is 0 Å². The van der Waals surface area contributed by atoms with Crippen molar-refractivity contribution in [2.45, 2.75) is 30.6 Å². The Hall–Kier alpha value is -0.650. The number of hydrogen-bond donors (Lipinski definition) is 0. The third-order valence-electron chi connectivity index (χ3n) is 1.44. The van der Waals surface area contributed by atoms with E-state index in [-0.39, 0.29) is 6.92 Å². The van der Waals surface area contributed by atoms with Crippen LogP contribution >= 0.6 is 0 Å². The molecule has 0 heterocycles. The van der Waals surface area contributed by atoms with Crippen molar-refractivity contribution in [2.24, 2.45) is 0 Å². The first-order valence-corrected chi connectivity index (χ1v) is 4.98. The lowest BCUT2D eigenvalue weighted by Gasteiger charge is -2.25. The van der Waals surface area contributed by atoms with Crippen LogP contribution < -0.4 is 0 Å². The second kappa shape index (κ2) is 4.23. The summed E-state index contributed by atoms with van der Waals surface area (Å²) in [5, 5.41) is 0. The molecule has 0 fully saturated rings. The zero-order valence-corrected chi connectivity index (χ0v) is 8.55. The van der Waals surface area contributed by atoms with Crippen LogP contribution in [0.2, 0.25) is 0 Å². The van der Waals surface area contributed by atoms with E-state index in [4.69, 9.17) is 0 Å². The van der Waals surface area contributed by atoms with Gasteiger partial charge < -0.3 is 0 Å². The maximum absolute atomic E-state index is 12.4. The van der Waals surface area contributed by atoms with Gasteiger partial charge in [0, 0.05) is 0 Å². The molecule has 0 saturated heterocycles. The summed E-state index contributed by atoms with van der Waals surface area (Å²) in [5.41, 5.74) is -6.08. The summed E-state index contributed by atoms with van der Waals surface area (Å²) in [7, 11) is -6.52. The molecule has 12 heteroatoms. The second-order valence-electron chi connectivity index (χ2n) is 2.76. The highest BCUT2D eigenvalue weighted by Gasteiger charge is 2.64. The maximum Gasteiger partial charge on any atom is 0.523 e. The van der Waals surface area contributed by atoms with E-state index in [0.29, 0.717) is 0 Å². The van der Waals surface area contributed by atoms with Crippen molar-refractivity contribution in [3.63, 3.8) is 0 Å². The van der Waals surface area contributed by atoms with Crippen LogP contribution in [0, 0.1) is 0 Å². The van der Waals surface area contributed by atoms with Crippen LogP contribution in [0.15, 0.2) is 0 Å². The van der Waals surface area contributed by atoms with Gasteiger partial charge >= 0.3 is 27.7 Å².